The lowest BCUT2D eigenvalue weighted by Crippen LogP contribution is -2.05. The lowest BCUT2D eigenvalue weighted by atomic mass is 10.3. The molecule has 0 aliphatic rings. The van der Waals surface area contributed by atoms with Gasteiger partial charge in [-0.15, -0.1) is 0 Å². The van der Waals surface area contributed by atoms with E-state index in [9.17, 15) is 4.79 Å². The minimum absolute atomic E-state index is 0.113. The van der Waals surface area contributed by atoms with E-state index in [1.165, 1.54) is 6.92 Å². The van der Waals surface area contributed by atoms with Crippen molar-refractivity contribution in [2.75, 3.05) is 5.32 Å². The van der Waals surface area contributed by atoms with Gasteiger partial charge >= 0.3 is 0 Å². The van der Waals surface area contributed by atoms with Gasteiger partial charge in [-0.2, -0.15) is 5.26 Å². The van der Waals surface area contributed by atoms with E-state index >= 15 is 0 Å². The SMILES string of the molecule is CC(=O)Nc1onc(C)c1C#N. The zero-order valence-electron chi connectivity index (χ0n) is 6.71. The second-order valence-corrected chi connectivity index (χ2v) is 2.27. The van der Waals surface area contributed by atoms with Crippen molar-refractivity contribution >= 4 is 11.8 Å². The van der Waals surface area contributed by atoms with Crippen molar-refractivity contribution in [2.24, 2.45) is 0 Å². The van der Waals surface area contributed by atoms with Crippen LogP contribution in [0.3, 0.4) is 0 Å². The van der Waals surface area contributed by atoms with E-state index in [4.69, 9.17) is 9.78 Å². The minimum Gasteiger partial charge on any atom is -0.337 e. The van der Waals surface area contributed by atoms with Crippen LogP contribution in [0.25, 0.3) is 0 Å². The maximum atomic E-state index is 10.6. The second-order valence-electron chi connectivity index (χ2n) is 2.27. The third-order valence-corrected chi connectivity index (χ3v) is 1.26. The Morgan fingerprint density at radius 1 is 1.75 bits per heavy atom. The molecule has 1 amide bonds. The maximum absolute atomic E-state index is 10.6. The largest absolute Gasteiger partial charge is 0.337 e. The molecule has 0 aliphatic carbocycles. The number of hydrogen-bond acceptors (Lipinski definition) is 4. The summed E-state index contributed by atoms with van der Waals surface area (Å²) in [6.07, 6.45) is 0. The van der Waals surface area contributed by atoms with Crippen LogP contribution in [0, 0.1) is 18.3 Å². The number of amides is 1. The second kappa shape index (κ2) is 3.05. The van der Waals surface area contributed by atoms with E-state index in [2.05, 4.69) is 10.5 Å². The summed E-state index contributed by atoms with van der Waals surface area (Å²) >= 11 is 0. The van der Waals surface area contributed by atoms with E-state index < -0.39 is 0 Å². The van der Waals surface area contributed by atoms with Gasteiger partial charge in [0.25, 0.3) is 0 Å². The Kier molecular flexibility index (Phi) is 2.10. The molecular weight excluding hydrogens is 158 g/mol. The quantitative estimate of drug-likeness (QED) is 0.667. The van der Waals surface area contributed by atoms with Crippen LogP contribution in [0.5, 0.6) is 0 Å². The van der Waals surface area contributed by atoms with Gasteiger partial charge in [0.15, 0.2) is 0 Å². The third-order valence-electron chi connectivity index (χ3n) is 1.26. The normalized spacial score (nSPS) is 9.08. The molecule has 62 valence electrons. The van der Waals surface area contributed by atoms with Crippen LogP contribution in [0.15, 0.2) is 4.52 Å². The first-order valence-electron chi connectivity index (χ1n) is 3.29. The van der Waals surface area contributed by atoms with Crippen LogP contribution in [-0.4, -0.2) is 11.1 Å². The summed E-state index contributed by atoms with van der Waals surface area (Å²) in [5.74, 6) is -0.176. The first-order chi connectivity index (χ1) is 5.65. The van der Waals surface area contributed by atoms with E-state index in [1.807, 2.05) is 6.07 Å². The molecule has 1 aromatic rings. The molecular formula is C7H7N3O2. The van der Waals surface area contributed by atoms with E-state index in [0.29, 0.717) is 5.69 Å². The third kappa shape index (κ3) is 1.42. The number of aryl methyl sites for hydroxylation is 1. The zero-order chi connectivity index (χ0) is 9.14. The molecule has 1 aromatic heterocycles. The molecule has 12 heavy (non-hydrogen) atoms. The van der Waals surface area contributed by atoms with Crippen molar-refractivity contribution < 1.29 is 9.32 Å². The molecule has 0 saturated carbocycles. The highest BCUT2D eigenvalue weighted by Crippen LogP contribution is 2.16. The Hall–Kier alpha value is -1.83. The van der Waals surface area contributed by atoms with Crippen LogP contribution >= 0.6 is 0 Å². The van der Waals surface area contributed by atoms with Gasteiger partial charge in [-0.25, -0.2) is 0 Å². The highest BCUT2D eigenvalue weighted by Gasteiger charge is 2.12. The lowest BCUT2D eigenvalue weighted by molar-refractivity contribution is -0.114. The molecule has 1 rings (SSSR count). The van der Waals surface area contributed by atoms with Gasteiger partial charge in [0, 0.05) is 6.92 Å². The molecule has 0 aromatic carbocycles. The van der Waals surface area contributed by atoms with Gasteiger partial charge in [-0.1, -0.05) is 5.16 Å². The maximum Gasteiger partial charge on any atom is 0.249 e. The van der Waals surface area contributed by atoms with E-state index in [1.54, 1.807) is 6.92 Å². The monoisotopic (exact) mass is 165 g/mol. The van der Waals surface area contributed by atoms with Crippen molar-refractivity contribution in [1.29, 1.82) is 5.26 Å². The number of hydrogen-bond donors (Lipinski definition) is 1. The Morgan fingerprint density at radius 2 is 2.42 bits per heavy atom. The molecule has 0 unspecified atom stereocenters. The summed E-state index contributed by atoms with van der Waals surface area (Å²) in [5, 5.41) is 14.5. The van der Waals surface area contributed by atoms with Gasteiger partial charge in [-0.05, 0) is 6.92 Å². The van der Waals surface area contributed by atoms with Gasteiger partial charge < -0.3 is 4.52 Å². The topological polar surface area (TPSA) is 78.9 Å². The van der Waals surface area contributed by atoms with Crippen LogP contribution in [0.2, 0.25) is 0 Å². The molecule has 0 atom stereocenters. The van der Waals surface area contributed by atoms with Gasteiger partial charge in [0.1, 0.15) is 17.3 Å². The molecule has 0 radical (unpaired) electrons. The van der Waals surface area contributed by atoms with Crippen molar-refractivity contribution in [3.63, 3.8) is 0 Å². The number of nitriles is 1. The smallest absolute Gasteiger partial charge is 0.249 e. The molecule has 0 aliphatic heterocycles. The lowest BCUT2D eigenvalue weighted by Gasteiger charge is -1.93. The average molecular weight is 165 g/mol. The van der Waals surface area contributed by atoms with Crippen molar-refractivity contribution in [2.45, 2.75) is 13.8 Å². The minimum atomic E-state index is -0.289. The number of aromatic nitrogens is 1. The first kappa shape index (κ1) is 8.27. The molecule has 5 heteroatoms. The summed E-state index contributed by atoms with van der Waals surface area (Å²) in [4.78, 5) is 10.6. The molecule has 1 N–H and O–H groups in total. The number of carbonyl (C=O) groups excluding carboxylic acids is 1. The number of nitrogens with one attached hydrogen (secondary N) is 1. The standard InChI is InChI=1S/C7H7N3O2/c1-4-6(3-8)7(12-10-4)9-5(2)11/h1-2H3,(H,9,11). The van der Waals surface area contributed by atoms with Crippen molar-refractivity contribution in [1.82, 2.24) is 5.16 Å². The Labute approximate surface area is 69.0 Å². The van der Waals surface area contributed by atoms with E-state index in [-0.39, 0.29) is 17.4 Å². The van der Waals surface area contributed by atoms with E-state index in [0.717, 1.165) is 0 Å². The summed E-state index contributed by atoms with van der Waals surface area (Å²) in [5.41, 5.74) is 0.742. The molecule has 0 fully saturated rings. The molecule has 1 heterocycles. The Morgan fingerprint density at radius 3 is 2.92 bits per heavy atom. The Balaban J connectivity index is 3.01. The summed E-state index contributed by atoms with van der Waals surface area (Å²) in [6.45, 7) is 2.96. The van der Waals surface area contributed by atoms with Crippen LogP contribution in [-0.2, 0) is 4.79 Å². The Bertz CT molecular complexity index is 348. The summed E-state index contributed by atoms with van der Waals surface area (Å²) < 4.78 is 4.69. The summed E-state index contributed by atoms with van der Waals surface area (Å²) in [6, 6.07) is 1.88. The number of nitrogens with zero attached hydrogens (tertiary/aromatic N) is 2. The predicted octanol–water partition coefficient (Wildman–Crippen LogP) is 0.813. The van der Waals surface area contributed by atoms with Gasteiger partial charge in [0.2, 0.25) is 11.8 Å². The van der Waals surface area contributed by atoms with Crippen molar-refractivity contribution in [3.8, 4) is 6.07 Å². The zero-order valence-corrected chi connectivity index (χ0v) is 6.71. The fourth-order valence-electron chi connectivity index (χ4n) is 0.747. The fraction of sp³-hybridized carbons (Fsp3) is 0.286. The van der Waals surface area contributed by atoms with Crippen LogP contribution in [0.1, 0.15) is 18.2 Å². The molecule has 5 nitrogen and oxygen atoms in total. The number of carbonyl (C=O) groups is 1. The van der Waals surface area contributed by atoms with Crippen LogP contribution in [0.4, 0.5) is 5.88 Å². The highest BCUT2D eigenvalue weighted by atomic mass is 16.5. The number of rotatable bonds is 1. The predicted molar refractivity (Wildman–Crippen MR) is 40.3 cm³/mol. The molecule has 0 bridgehead atoms. The summed E-state index contributed by atoms with van der Waals surface area (Å²) in [7, 11) is 0. The van der Waals surface area contributed by atoms with Crippen molar-refractivity contribution in [3.05, 3.63) is 11.3 Å². The van der Waals surface area contributed by atoms with Gasteiger partial charge in [0.05, 0.1) is 0 Å². The average Bonchev–Trinajstić information content (AvgIpc) is 2.30. The van der Waals surface area contributed by atoms with Gasteiger partial charge in [-0.3, -0.25) is 10.1 Å². The fourth-order valence-corrected chi connectivity index (χ4v) is 0.747. The number of anilines is 1. The highest BCUT2D eigenvalue weighted by molar-refractivity contribution is 5.88. The molecule has 0 spiro atoms. The molecule has 0 saturated heterocycles. The first-order valence-corrected chi connectivity index (χ1v) is 3.29. The van der Waals surface area contributed by atoms with Crippen LogP contribution < -0.4 is 5.32 Å².